The quantitative estimate of drug-likeness (QED) is 0.841. The summed E-state index contributed by atoms with van der Waals surface area (Å²) in [5.74, 6) is 3.10. The Morgan fingerprint density at radius 1 is 1.11 bits per heavy atom. The Labute approximate surface area is 123 Å². The molecule has 1 aromatic carbocycles. The van der Waals surface area contributed by atoms with Gasteiger partial charge in [-0.15, -0.1) is 23.5 Å². The second kappa shape index (κ2) is 7.02. The van der Waals surface area contributed by atoms with E-state index in [0.717, 1.165) is 11.2 Å². The van der Waals surface area contributed by atoms with E-state index in [-0.39, 0.29) is 6.10 Å². The Hall–Kier alpha value is -0.160. The molecule has 2 aliphatic rings. The minimum atomic E-state index is 0.207. The summed E-state index contributed by atoms with van der Waals surface area (Å²) in [5.41, 5.74) is 1.29. The lowest BCUT2D eigenvalue weighted by molar-refractivity contribution is -0.173. The Bertz CT molecular complexity index is 379. The van der Waals surface area contributed by atoms with Gasteiger partial charge >= 0.3 is 0 Å². The molecule has 2 saturated heterocycles. The summed E-state index contributed by atoms with van der Waals surface area (Å²) in [4.78, 5) is 0. The van der Waals surface area contributed by atoms with E-state index in [0.29, 0.717) is 12.7 Å². The molecule has 2 fully saturated rings. The molecule has 0 amide bonds. The molecule has 1 aromatic rings. The van der Waals surface area contributed by atoms with Gasteiger partial charge in [0.25, 0.3) is 0 Å². The van der Waals surface area contributed by atoms with Gasteiger partial charge in [-0.1, -0.05) is 30.3 Å². The highest BCUT2D eigenvalue weighted by atomic mass is 32.2. The molecule has 2 atom stereocenters. The third-order valence-corrected chi connectivity index (χ3v) is 6.60. The molecule has 2 heterocycles. The third-order valence-electron chi connectivity index (χ3n) is 3.61. The molecule has 2 aliphatic heterocycles. The van der Waals surface area contributed by atoms with E-state index >= 15 is 0 Å². The van der Waals surface area contributed by atoms with Gasteiger partial charge in [0.05, 0.1) is 17.3 Å². The summed E-state index contributed by atoms with van der Waals surface area (Å²) < 4.78 is 12.1. The molecule has 4 heteroatoms. The zero-order chi connectivity index (χ0) is 12.9. The summed E-state index contributed by atoms with van der Waals surface area (Å²) in [6, 6.07) is 10.6. The van der Waals surface area contributed by atoms with Crippen molar-refractivity contribution in [3.63, 3.8) is 0 Å². The molecular weight excluding hydrogens is 276 g/mol. The highest BCUT2D eigenvalue weighted by Crippen LogP contribution is 2.40. The van der Waals surface area contributed by atoms with Crippen molar-refractivity contribution in [3.8, 4) is 0 Å². The van der Waals surface area contributed by atoms with Crippen LogP contribution in [0.4, 0.5) is 0 Å². The maximum Gasteiger partial charge on any atom is 0.147 e. The minimum Gasteiger partial charge on any atom is -0.355 e. The van der Waals surface area contributed by atoms with Crippen LogP contribution in [0.1, 0.15) is 24.5 Å². The van der Waals surface area contributed by atoms with Crippen molar-refractivity contribution in [1.29, 1.82) is 0 Å². The van der Waals surface area contributed by atoms with Gasteiger partial charge in [0, 0.05) is 5.92 Å². The highest BCUT2D eigenvalue weighted by Gasteiger charge is 2.31. The van der Waals surface area contributed by atoms with Crippen molar-refractivity contribution in [1.82, 2.24) is 0 Å². The highest BCUT2D eigenvalue weighted by molar-refractivity contribution is 8.17. The van der Waals surface area contributed by atoms with Gasteiger partial charge in [-0.3, -0.25) is 0 Å². The van der Waals surface area contributed by atoms with E-state index in [1.807, 2.05) is 0 Å². The number of ether oxygens (including phenoxy) is 2. The molecule has 19 heavy (non-hydrogen) atoms. The summed E-state index contributed by atoms with van der Waals surface area (Å²) in [7, 11) is 0. The van der Waals surface area contributed by atoms with E-state index in [2.05, 4.69) is 53.9 Å². The van der Waals surface area contributed by atoms with Gasteiger partial charge in [-0.2, -0.15) is 0 Å². The van der Waals surface area contributed by atoms with Crippen molar-refractivity contribution in [2.24, 2.45) is 5.92 Å². The summed E-state index contributed by atoms with van der Waals surface area (Å²) >= 11 is 4.21. The lowest BCUT2D eigenvalue weighted by Gasteiger charge is -2.34. The molecule has 0 unspecified atom stereocenters. The van der Waals surface area contributed by atoms with Crippen molar-refractivity contribution in [2.75, 3.05) is 24.9 Å². The van der Waals surface area contributed by atoms with Crippen molar-refractivity contribution < 1.29 is 9.47 Å². The molecule has 0 saturated carbocycles. The normalized spacial score (nSPS) is 29.3. The summed E-state index contributed by atoms with van der Waals surface area (Å²) in [6.07, 6.45) is 2.75. The zero-order valence-corrected chi connectivity index (χ0v) is 12.6. The summed E-state index contributed by atoms with van der Waals surface area (Å²) in [6.45, 7) is 1.26. The van der Waals surface area contributed by atoms with Crippen molar-refractivity contribution >= 4 is 23.5 Å². The number of thioether (sulfide) groups is 2. The van der Waals surface area contributed by atoms with Crippen LogP contribution in [0.15, 0.2) is 30.3 Å². The molecular formula is C15H20O2S2. The zero-order valence-electron chi connectivity index (χ0n) is 11.0. The topological polar surface area (TPSA) is 18.5 Å². The SMILES string of the molecule is c1ccc([C@H]2OCOC[C@@H]2CC2SCCCS2)cc1. The molecule has 0 aromatic heterocycles. The Balaban J connectivity index is 1.66. The molecule has 0 aliphatic carbocycles. The number of hydrogen-bond acceptors (Lipinski definition) is 4. The van der Waals surface area contributed by atoms with Crippen LogP contribution in [-0.2, 0) is 9.47 Å². The van der Waals surface area contributed by atoms with Crippen LogP contribution in [0.25, 0.3) is 0 Å². The van der Waals surface area contributed by atoms with E-state index in [4.69, 9.17) is 9.47 Å². The standard InChI is InChI=1S/C15H20O2S2/c1-2-5-12(6-3-1)15-13(10-16-11-17-15)9-14-18-7-4-8-19-14/h1-3,5-6,13-15H,4,7-11H2/t13-,15+/m0/s1. The van der Waals surface area contributed by atoms with Crippen LogP contribution in [0, 0.1) is 5.92 Å². The van der Waals surface area contributed by atoms with Crippen LogP contribution in [0.3, 0.4) is 0 Å². The maximum absolute atomic E-state index is 5.88. The fourth-order valence-electron chi connectivity index (χ4n) is 2.67. The van der Waals surface area contributed by atoms with E-state index in [9.17, 15) is 0 Å². The predicted molar refractivity (Wildman–Crippen MR) is 82.5 cm³/mol. The number of benzene rings is 1. The van der Waals surface area contributed by atoms with Crippen molar-refractivity contribution in [3.05, 3.63) is 35.9 Å². The van der Waals surface area contributed by atoms with Gasteiger partial charge in [0.15, 0.2) is 0 Å². The first kappa shape index (κ1) is 13.8. The molecule has 3 rings (SSSR count). The monoisotopic (exact) mass is 296 g/mol. The fourth-order valence-corrected chi connectivity index (χ4v) is 5.73. The van der Waals surface area contributed by atoms with Crippen LogP contribution >= 0.6 is 23.5 Å². The van der Waals surface area contributed by atoms with Gasteiger partial charge in [-0.25, -0.2) is 0 Å². The first-order valence-electron chi connectivity index (χ1n) is 6.91. The van der Waals surface area contributed by atoms with Crippen LogP contribution in [-0.4, -0.2) is 29.5 Å². The molecule has 0 radical (unpaired) electrons. The summed E-state index contributed by atoms with van der Waals surface area (Å²) in [5, 5.41) is 0. The Morgan fingerprint density at radius 2 is 1.89 bits per heavy atom. The van der Waals surface area contributed by atoms with Gasteiger partial charge in [0.2, 0.25) is 0 Å². The maximum atomic E-state index is 5.88. The largest absolute Gasteiger partial charge is 0.355 e. The van der Waals surface area contributed by atoms with E-state index < -0.39 is 0 Å². The first-order valence-corrected chi connectivity index (χ1v) is 9.01. The second-order valence-corrected chi connectivity index (χ2v) is 7.93. The first-order chi connectivity index (χ1) is 9.43. The van der Waals surface area contributed by atoms with Gasteiger partial charge in [0.1, 0.15) is 6.79 Å². The predicted octanol–water partition coefficient (Wildman–Crippen LogP) is 3.93. The minimum absolute atomic E-state index is 0.207. The number of hydrogen-bond donors (Lipinski definition) is 0. The van der Waals surface area contributed by atoms with Crippen LogP contribution in [0.5, 0.6) is 0 Å². The molecule has 0 spiro atoms. The molecule has 2 nitrogen and oxygen atoms in total. The fraction of sp³-hybridized carbons (Fsp3) is 0.600. The lowest BCUT2D eigenvalue weighted by atomic mass is 9.93. The van der Waals surface area contributed by atoms with Crippen LogP contribution in [0.2, 0.25) is 0 Å². The molecule has 0 bridgehead atoms. The van der Waals surface area contributed by atoms with E-state index in [1.54, 1.807) is 0 Å². The van der Waals surface area contributed by atoms with Gasteiger partial charge in [-0.05, 0) is 29.9 Å². The third kappa shape index (κ3) is 3.69. The lowest BCUT2D eigenvalue weighted by Crippen LogP contribution is -2.30. The second-order valence-electron chi connectivity index (χ2n) is 5.01. The van der Waals surface area contributed by atoms with Crippen molar-refractivity contribution in [2.45, 2.75) is 23.5 Å². The molecule has 104 valence electrons. The number of rotatable bonds is 3. The Kier molecular flexibility index (Phi) is 5.10. The van der Waals surface area contributed by atoms with E-state index in [1.165, 1.54) is 29.9 Å². The smallest absolute Gasteiger partial charge is 0.147 e. The molecule has 0 N–H and O–H groups in total. The van der Waals surface area contributed by atoms with Crippen LogP contribution < -0.4 is 0 Å². The average molecular weight is 296 g/mol. The average Bonchev–Trinajstić information content (AvgIpc) is 2.50. The van der Waals surface area contributed by atoms with Gasteiger partial charge < -0.3 is 9.47 Å². The Morgan fingerprint density at radius 3 is 2.68 bits per heavy atom.